The number of nitrogens with zero attached hydrogens (tertiary/aromatic N) is 4. The van der Waals surface area contributed by atoms with Gasteiger partial charge in [-0.3, -0.25) is 4.31 Å². The predicted octanol–water partition coefficient (Wildman–Crippen LogP) is 3.21. The van der Waals surface area contributed by atoms with E-state index >= 15 is 0 Å². The zero-order valence-electron chi connectivity index (χ0n) is 17.5. The lowest BCUT2D eigenvalue weighted by Crippen LogP contribution is -2.33. The van der Waals surface area contributed by atoms with Gasteiger partial charge in [-0.25, -0.2) is 4.98 Å². The van der Waals surface area contributed by atoms with Crippen LogP contribution in [0.4, 0.5) is 10.1 Å². The fourth-order valence-electron chi connectivity index (χ4n) is 3.19. The maximum atomic E-state index is 13.3. The SMILES string of the molecule is CCO/N=C/c1ccc(OCCCCCN2CCN(c3ccnc(F)c3)S2(=O)=O)cc1. The quantitative estimate of drug-likeness (QED) is 0.227. The summed E-state index contributed by atoms with van der Waals surface area (Å²) in [6, 6.07) is 10.2. The molecule has 0 radical (unpaired) electrons. The van der Waals surface area contributed by atoms with Crippen LogP contribution in [0.1, 0.15) is 31.7 Å². The van der Waals surface area contributed by atoms with Crippen molar-refractivity contribution in [3.8, 4) is 5.75 Å². The first kappa shape index (κ1) is 23.0. The van der Waals surface area contributed by atoms with Crippen molar-refractivity contribution in [1.29, 1.82) is 0 Å². The van der Waals surface area contributed by atoms with E-state index in [0.717, 1.165) is 36.6 Å². The summed E-state index contributed by atoms with van der Waals surface area (Å²) in [5.41, 5.74) is 1.23. The molecule has 3 rings (SSSR count). The number of rotatable bonds is 11. The molecule has 0 amide bonds. The summed E-state index contributed by atoms with van der Waals surface area (Å²) in [6.07, 6.45) is 5.31. The second kappa shape index (κ2) is 11.1. The van der Waals surface area contributed by atoms with Crippen LogP contribution in [-0.2, 0) is 15.0 Å². The highest BCUT2D eigenvalue weighted by atomic mass is 32.2. The van der Waals surface area contributed by atoms with E-state index in [1.165, 1.54) is 20.9 Å². The van der Waals surface area contributed by atoms with Gasteiger partial charge in [-0.2, -0.15) is 17.1 Å². The zero-order valence-corrected chi connectivity index (χ0v) is 18.3. The summed E-state index contributed by atoms with van der Waals surface area (Å²) < 4.78 is 47.1. The van der Waals surface area contributed by atoms with Gasteiger partial charge in [0.25, 0.3) is 0 Å². The average Bonchev–Trinajstić information content (AvgIpc) is 3.05. The second-order valence-electron chi connectivity index (χ2n) is 6.95. The molecular formula is C21H27FN4O4S. The highest BCUT2D eigenvalue weighted by Crippen LogP contribution is 2.25. The van der Waals surface area contributed by atoms with Crippen LogP contribution in [0.5, 0.6) is 5.75 Å². The molecule has 1 fully saturated rings. The van der Waals surface area contributed by atoms with E-state index in [9.17, 15) is 12.8 Å². The Kier molecular flexibility index (Phi) is 8.19. The van der Waals surface area contributed by atoms with E-state index in [-0.39, 0.29) is 0 Å². The molecule has 2 aromatic rings. The van der Waals surface area contributed by atoms with Crippen LogP contribution < -0.4 is 9.04 Å². The fourth-order valence-corrected chi connectivity index (χ4v) is 4.83. The number of aromatic nitrogens is 1. The summed E-state index contributed by atoms with van der Waals surface area (Å²) in [5.74, 6) is 0.0790. The number of halogens is 1. The molecule has 0 saturated carbocycles. The Hall–Kier alpha value is -2.72. The summed E-state index contributed by atoms with van der Waals surface area (Å²) in [7, 11) is -3.62. The van der Waals surface area contributed by atoms with Gasteiger partial charge in [-0.1, -0.05) is 5.16 Å². The normalized spacial score (nSPS) is 16.1. The van der Waals surface area contributed by atoms with Crippen molar-refractivity contribution in [3.05, 3.63) is 54.1 Å². The van der Waals surface area contributed by atoms with Crippen molar-refractivity contribution >= 4 is 22.1 Å². The number of benzene rings is 1. The van der Waals surface area contributed by atoms with Crippen molar-refractivity contribution in [3.63, 3.8) is 0 Å². The standard InChI is InChI=1S/C21H27FN4O4S/c1-2-30-24-17-18-6-8-20(9-7-18)29-15-5-3-4-12-25-13-14-26(31(25,27)28)19-10-11-23-21(22)16-19/h6-11,16-17H,2-5,12-15H2,1H3/b24-17+. The third-order valence-corrected chi connectivity index (χ3v) is 6.73. The van der Waals surface area contributed by atoms with Crippen molar-refractivity contribution < 1.29 is 22.4 Å². The van der Waals surface area contributed by atoms with Gasteiger partial charge in [-0.05, 0) is 62.1 Å². The Morgan fingerprint density at radius 1 is 1.16 bits per heavy atom. The largest absolute Gasteiger partial charge is 0.494 e. The number of unbranched alkanes of at least 4 members (excludes halogenated alkanes) is 2. The van der Waals surface area contributed by atoms with Crippen LogP contribution in [0.2, 0.25) is 0 Å². The first-order chi connectivity index (χ1) is 15.0. The maximum absolute atomic E-state index is 13.3. The van der Waals surface area contributed by atoms with Crippen molar-refractivity contribution in [2.45, 2.75) is 26.2 Å². The first-order valence-electron chi connectivity index (χ1n) is 10.3. The van der Waals surface area contributed by atoms with E-state index in [0.29, 0.717) is 38.5 Å². The maximum Gasteiger partial charge on any atom is 0.304 e. The Morgan fingerprint density at radius 2 is 1.97 bits per heavy atom. The number of ether oxygens (including phenoxy) is 1. The lowest BCUT2D eigenvalue weighted by molar-refractivity contribution is 0.160. The van der Waals surface area contributed by atoms with Crippen LogP contribution in [0, 0.1) is 5.95 Å². The lowest BCUT2D eigenvalue weighted by atomic mass is 10.2. The molecule has 0 aliphatic carbocycles. The summed E-state index contributed by atoms with van der Waals surface area (Å²) in [5, 5.41) is 3.82. The van der Waals surface area contributed by atoms with Gasteiger partial charge in [0, 0.05) is 31.9 Å². The minimum Gasteiger partial charge on any atom is -0.494 e. The summed E-state index contributed by atoms with van der Waals surface area (Å²) >= 11 is 0. The van der Waals surface area contributed by atoms with Crippen molar-refractivity contribution in [1.82, 2.24) is 9.29 Å². The topological polar surface area (TPSA) is 84.3 Å². The molecule has 31 heavy (non-hydrogen) atoms. The van der Waals surface area contributed by atoms with Gasteiger partial charge in [0.2, 0.25) is 5.95 Å². The molecule has 1 saturated heterocycles. The molecule has 0 unspecified atom stereocenters. The van der Waals surface area contributed by atoms with E-state index in [2.05, 4.69) is 10.1 Å². The molecule has 8 nitrogen and oxygen atoms in total. The van der Waals surface area contributed by atoms with Crippen LogP contribution in [0.15, 0.2) is 47.8 Å². The second-order valence-corrected chi connectivity index (χ2v) is 8.80. The number of oxime groups is 1. The molecule has 0 spiro atoms. The first-order valence-corrected chi connectivity index (χ1v) is 11.7. The van der Waals surface area contributed by atoms with Gasteiger partial charge < -0.3 is 9.57 Å². The smallest absolute Gasteiger partial charge is 0.304 e. The van der Waals surface area contributed by atoms with Crippen molar-refractivity contribution in [2.24, 2.45) is 5.16 Å². The number of hydrogen-bond acceptors (Lipinski definition) is 6. The summed E-state index contributed by atoms with van der Waals surface area (Å²) in [6.45, 7) is 4.09. The third-order valence-electron chi connectivity index (χ3n) is 4.76. The highest BCUT2D eigenvalue weighted by Gasteiger charge is 2.36. The molecule has 168 valence electrons. The molecular weight excluding hydrogens is 423 g/mol. The van der Waals surface area contributed by atoms with Gasteiger partial charge in [0.15, 0.2) is 0 Å². The Labute approximate surface area is 182 Å². The number of hydrogen-bond donors (Lipinski definition) is 0. The molecule has 1 aliphatic rings. The molecule has 1 aromatic carbocycles. The van der Waals surface area contributed by atoms with E-state index in [1.54, 1.807) is 6.21 Å². The van der Waals surface area contributed by atoms with E-state index in [1.807, 2.05) is 31.2 Å². The molecule has 0 N–H and O–H groups in total. The summed E-state index contributed by atoms with van der Waals surface area (Å²) in [4.78, 5) is 8.40. The number of pyridine rings is 1. The minimum atomic E-state index is -3.62. The van der Waals surface area contributed by atoms with Gasteiger partial charge >= 0.3 is 10.2 Å². The monoisotopic (exact) mass is 450 g/mol. The number of anilines is 1. The van der Waals surface area contributed by atoms with Gasteiger partial charge in [-0.15, -0.1) is 0 Å². The van der Waals surface area contributed by atoms with Gasteiger partial charge in [0.05, 0.1) is 18.5 Å². The lowest BCUT2D eigenvalue weighted by Gasteiger charge is -2.20. The molecule has 1 aliphatic heterocycles. The van der Waals surface area contributed by atoms with Crippen LogP contribution in [0.3, 0.4) is 0 Å². The molecule has 0 bridgehead atoms. The predicted molar refractivity (Wildman–Crippen MR) is 117 cm³/mol. The van der Waals surface area contributed by atoms with Crippen LogP contribution in [-0.4, -0.2) is 56.8 Å². The minimum absolute atomic E-state index is 0.304. The molecule has 10 heteroatoms. The van der Waals surface area contributed by atoms with Crippen molar-refractivity contribution in [2.75, 3.05) is 37.2 Å². The molecule has 2 heterocycles. The Balaban J connectivity index is 1.36. The Morgan fingerprint density at radius 3 is 2.71 bits per heavy atom. The van der Waals surface area contributed by atoms with E-state index < -0.39 is 16.2 Å². The highest BCUT2D eigenvalue weighted by molar-refractivity contribution is 7.90. The molecule has 0 atom stereocenters. The fraction of sp³-hybridized carbons (Fsp3) is 0.429. The average molecular weight is 451 g/mol. The van der Waals surface area contributed by atoms with Crippen LogP contribution >= 0.6 is 0 Å². The van der Waals surface area contributed by atoms with Gasteiger partial charge in [0.1, 0.15) is 12.4 Å². The zero-order chi connectivity index (χ0) is 22.1. The van der Waals surface area contributed by atoms with E-state index in [4.69, 9.17) is 9.57 Å². The third kappa shape index (κ3) is 6.38. The Bertz CT molecular complexity index is 970. The molecule has 1 aromatic heterocycles. The van der Waals surface area contributed by atoms with Crippen LogP contribution in [0.25, 0.3) is 0 Å².